The van der Waals surface area contributed by atoms with Crippen molar-refractivity contribution < 1.29 is 0 Å². The number of aryl methyl sites for hydroxylation is 2. The Kier molecular flexibility index (Phi) is 3.55. The largest absolute Gasteiger partial charge is 0.380 e. The van der Waals surface area contributed by atoms with Crippen LogP contribution >= 0.6 is 0 Å². The second-order valence-corrected chi connectivity index (χ2v) is 6.52. The molecule has 0 saturated heterocycles. The number of hydrogen-bond donors (Lipinski definition) is 2. The first-order valence-electron chi connectivity index (χ1n) is 6.96. The monoisotopic (exact) mass is 250 g/mol. The average Bonchev–Trinajstić information content (AvgIpc) is 2.44. The SMILES string of the molecule is CCn1nc(C)c2c1NCC(CC(C)(C)C)CN2. The van der Waals surface area contributed by atoms with Crippen LogP contribution in [0.2, 0.25) is 0 Å². The third-order valence-electron chi connectivity index (χ3n) is 3.45. The summed E-state index contributed by atoms with van der Waals surface area (Å²) in [7, 11) is 0. The van der Waals surface area contributed by atoms with E-state index in [4.69, 9.17) is 0 Å². The van der Waals surface area contributed by atoms with Gasteiger partial charge in [0.25, 0.3) is 0 Å². The predicted octanol–water partition coefficient (Wildman–Crippen LogP) is 3.10. The second kappa shape index (κ2) is 4.82. The molecule has 0 spiro atoms. The van der Waals surface area contributed by atoms with Crippen LogP contribution in [0.25, 0.3) is 0 Å². The minimum Gasteiger partial charge on any atom is -0.380 e. The maximum absolute atomic E-state index is 4.54. The molecule has 4 heteroatoms. The van der Waals surface area contributed by atoms with Crippen LogP contribution in [-0.2, 0) is 6.54 Å². The number of anilines is 2. The lowest BCUT2D eigenvalue weighted by molar-refractivity contribution is 0.310. The van der Waals surface area contributed by atoms with Gasteiger partial charge in [-0.25, -0.2) is 4.68 Å². The summed E-state index contributed by atoms with van der Waals surface area (Å²) >= 11 is 0. The molecule has 1 unspecified atom stereocenters. The standard InChI is InChI=1S/C14H26N4/c1-6-18-13-12(10(2)17-18)15-8-11(9-16-13)7-14(3,4)5/h11,15-16H,6-9H2,1-5H3. The van der Waals surface area contributed by atoms with Crippen molar-refractivity contribution in [1.82, 2.24) is 9.78 Å². The Morgan fingerprint density at radius 2 is 1.94 bits per heavy atom. The Hall–Kier alpha value is -1.19. The molecule has 102 valence electrons. The van der Waals surface area contributed by atoms with Crippen LogP contribution in [0.15, 0.2) is 0 Å². The minimum absolute atomic E-state index is 0.385. The molecule has 0 fully saturated rings. The van der Waals surface area contributed by atoms with E-state index in [1.165, 1.54) is 12.1 Å². The molecular weight excluding hydrogens is 224 g/mol. The van der Waals surface area contributed by atoms with Crippen molar-refractivity contribution in [3.63, 3.8) is 0 Å². The molecule has 18 heavy (non-hydrogen) atoms. The first kappa shape index (κ1) is 13.2. The Bertz CT molecular complexity index is 414. The van der Waals surface area contributed by atoms with Crippen molar-refractivity contribution in [2.24, 2.45) is 11.3 Å². The zero-order valence-corrected chi connectivity index (χ0v) is 12.3. The van der Waals surface area contributed by atoms with Crippen molar-refractivity contribution in [1.29, 1.82) is 0 Å². The van der Waals surface area contributed by atoms with E-state index >= 15 is 0 Å². The van der Waals surface area contributed by atoms with Gasteiger partial charge in [0.15, 0.2) is 0 Å². The van der Waals surface area contributed by atoms with Crippen LogP contribution in [0.3, 0.4) is 0 Å². The number of nitrogens with one attached hydrogen (secondary N) is 2. The van der Waals surface area contributed by atoms with E-state index < -0.39 is 0 Å². The van der Waals surface area contributed by atoms with Crippen molar-refractivity contribution >= 4 is 11.5 Å². The number of rotatable bonds is 2. The average molecular weight is 250 g/mol. The Labute approximate surface area is 110 Å². The molecule has 1 aromatic rings. The molecule has 2 heterocycles. The van der Waals surface area contributed by atoms with Crippen molar-refractivity contribution in [3.8, 4) is 0 Å². The van der Waals surface area contributed by atoms with Gasteiger partial charge in [-0.1, -0.05) is 20.8 Å². The van der Waals surface area contributed by atoms with Gasteiger partial charge in [-0.15, -0.1) is 0 Å². The summed E-state index contributed by atoms with van der Waals surface area (Å²) in [4.78, 5) is 0. The molecule has 0 amide bonds. The van der Waals surface area contributed by atoms with Gasteiger partial charge >= 0.3 is 0 Å². The van der Waals surface area contributed by atoms with Crippen molar-refractivity contribution in [2.75, 3.05) is 23.7 Å². The topological polar surface area (TPSA) is 41.9 Å². The fraction of sp³-hybridized carbons (Fsp3) is 0.786. The summed E-state index contributed by atoms with van der Waals surface area (Å²) in [6.45, 7) is 14.1. The molecule has 1 aliphatic heterocycles. The van der Waals surface area contributed by atoms with Crippen molar-refractivity contribution in [2.45, 2.75) is 47.6 Å². The van der Waals surface area contributed by atoms with Gasteiger partial charge in [0.1, 0.15) is 11.5 Å². The molecule has 1 atom stereocenters. The molecule has 2 rings (SSSR count). The normalized spacial score (nSPS) is 19.7. The van der Waals surface area contributed by atoms with Crippen LogP contribution in [-0.4, -0.2) is 22.9 Å². The maximum Gasteiger partial charge on any atom is 0.148 e. The quantitative estimate of drug-likeness (QED) is 0.847. The third-order valence-corrected chi connectivity index (χ3v) is 3.45. The van der Waals surface area contributed by atoms with E-state index in [2.05, 4.69) is 55.0 Å². The Morgan fingerprint density at radius 3 is 2.56 bits per heavy atom. The summed E-state index contributed by atoms with van der Waals surface area (Å²) in [5, 5.41) is 11.7. The highest BCUT2D eigenvalue weighted by Gasteiger charge is 2.24. The van der Waals surface area contributed by atoms with Crippen LogP contribution < -0.4 is 10.6 Å². The van der Waals surface area contributed by atoms with Crippen LogP contribution in [0, 0.1) is 18.3 Å². The fourth-order valence-corrected chi connectivity index (χ4v) is 2.77. The molecule has 0 aromatic carbocycles. The molecule has 0 bridgehead atoms. The predicted molar refractivity (Wildman–Crippen MR) is 77.2 cm³/mol. The molecule has 1 aromatic heterocycles. The van der Waals surface area contributed by atoms with E-state index in [-0.39, 0.29) is 0 Å². The van der Waals surface area contributed by atoms with E-state index in [0.29, 0.717) is 11.3 Å². The summed E-state index contributed by atoms with van der Waals surface area (Å²) in [5.74, 6) is 1.83. The van der Waals surface area contributed by atoms with E-state index in [1.807, 2.05) is 0 Å². The van der Waals surface area contributed by atoms with Gasteiger partial charge in [-0.2, -0.15) is 5.10 Å². The maximum atomic E-state index is 4.54. The van der Waals surface area contributed by atoms with E-state index in [0.717, 1.165) is 31.1 Å². The molecule has 4 nitrogen and oxygen atoms in total. The summed E-state index contributed by atoms with van der Waals surface area (Å²) in [6.07, 6.45) is 1.23. The van der Waals surface area contributed by atoms with Gasteiger partial charge in [0, 0.05) is 19.6 Å². The zero-order valence-electron chi connectivity index (χ0n) is 12.3. The van der Waals surface area contributed by atoms with Gasteiger partial charge in [0.05, 0.1) is 5.69 Å². The van der Waals surface area contributed by atoms with Gasteiger partial charge in [-0.3, -0.25) is 0 Å². The van der Waals surface area contributed by atoms with Gasteiger partial charge in [-0.05, 0) is 31.6 Å². The number of hydrogen-bond acceptors (Lipinski definition) is 3. The molecule has 2 N–H and O–H groups in total. The Balaban J connectivity index is 2.12. The lowest BCUT2D eigenvalue weighted by Gasteiger charge is -2.25. The summed E-state index contributed by atoms with van der Waals surface area (Å²) < 4.78 is 2.05. The summed E-state index contributed by atoms with van der Waals surface area (Å²) in [5.41, 5.74) is 2.67. The fourth-order valence-electron chi connectivity index (χ4n) is 2.77. The molecule has 1 aliphatic rings. The number of nitrogens with zero attached hydrogens (tertiary/aromatic N) is 2. The first-order chi connectivity index (χ1) is 8.40. The smallest absolute Gasteiger partial charge is 0.148 e. The Morgan fingerprint density at radius 1 is 1.28 bits per heavy atom. The second-order valence-electron chi connectivity index (χ2n) is 6.52. The molecule has 0 saturated carbocycles. The lowest BCUT2D eigenvalue weighted by atomic mass is 9.84. The van der Waals surface area contributed by atoms with Crippen molar-refractivity contribution in [3.05, 3.63) is 5.69 Å². The minimum atomic E-state index is 0.385. The highest BCUT2D eigenvalue weighted by molar-refractivity contribution is 5.68. The number of aromatic nitrogens is 2. The summed E-state index contributed by atoms with van der Waals surface area (Å²) in [6, 6.07) is 0. The molecule has 0 aliphatic carbocycles. The lowest BCUT2D eigenvalue weighted by Crippen LogP contribution is -2.25. The first-order valence-corrected chi connectivity index (χ1v) is 6.96. The van der Waals surface area contributed by atoms with Gasteiger partial charge in [0.2, 0.25) is 0 Å². The van der Waals surface area contributed by atoms with Crippen LogP contribution in [0.4, 0.5) is 11.5 Å². The van der Waals surface area contributed by atoms with Gasteiger partial charge < -0.3 is 10.6 Å². The highest BCUT2D eigenvalue weighted by Crippen LogP contribution is 2.31. The van der Waals surface area contributed by atoms with E-state index in [9.17, 15) is 0 Å². The molecular formula is C14H26N4. The highest BCUT2D eigenvalue weighted by atomic mass is 15.3. The van der Waals surface area contributed by atoms with Crippen LogP contribution in [0.5, 0.6) is 0 Å². The zero-order chi connectivity index (χ0) is 13.3. The molecule has 0 radical (unpaired) electrons. The third kappa shape index (κ3) is 2.79. The van der Waals surface area contributed by atoms with E-state index in [1.54, 1.807) is 0 Å². The van der Waals surface area contributed by atoms with Crippen LogP contribution in [0.1, 0.15) is 39.8 Å². The number of fused-ring (bicyclic) bond motifs is 1.